The van der Waals surface area contributed by atoms with Crippen LogP contribution >= 0.6 is 22.9 Å². The summed E-state index contributed by atoms with van der Waals surface area (Å²) >= 11 is 7.78. The van der Waals surface area contributed by atoms with Crippen molar-refractivity contribution < 1.29 is 9.53 Å². The van der Waals surface area contributed by atoms with Gasteiger partial charge in [0.05, 0.1) is 18.4 Å². The lowest BCUT2D eigenvalue weighted by molar-refractivity contribution is -0.145. The number of carbonyl (C=O) groups is 1. The summed E-state index contributed by atoms with van der Waals surface area (Å²) in [6.45, 7) is 0. The van der Waals surface area contributed by atoms with Crippen LogP contribution in [-0.2, 0) is 22.4 Å². The zero-order chi connectivity index (χ0) is 12.7. The van der Waals surface area contributed by atoms with E-state index in [0.717, 1.165) is 28.6 Å². The topological polar surface area (TPSA) is 52.1 Å². The molecule has 0 bridgehead atoms. The van der Waals surface area contributed by atoms with Gasteiger partial charge in [0.15, 0.2) is 0 Å². The van der Waals surface area contributed by atoms with Gasteiger partial charge in [-0.2, -0.15) is 0 Å². The van der Waals surface area contributed by atoms with Gasteiger partial charge in [-0.05, 0) is 24.8 Å². The highest BCUT2D eigenvalue weighted by Gasteiger charge is 2.29. The van der Waals surface area contributed by atoms with E-state index in [2.05, 4.69) is 9.97 Å². The quantitative estimate of drug-likeness (QED) is 0.596. The van der Waals surface area contributed by atoms with Crippen LogP contribution in [-0.4, -0.2) is 23.0 Å². The second kappa shape index (κ2) is 4.48. The number of nitrogens with zero attached hydrogens (tertiary/aromatic N) is 2. The van der Waals surface area contributed by atoms with Gasteiger partial charge in [-0.1, -0.05) is 11.6 Å². The van der Waals surface area contributed by atoms with E-state index >= 15 is 0 Å². The van der Waals surface area contributed by atoms with Gasteiger partial charge in [0.25, 0.3) is 0 Å². The number of hydrogen-bond acceptors (Lipinski definition) is 5. The van der Waals surface area contributed by atoms with E-state index in [-0.39, 0.29) is 11.9 Å². The van der Waals surface area contributed by atoms with E-state index in [1.54, 1.807) is 11.3 Å². The summed E-state index contributed by atoms with van der Waals surface area (Å²) in [5.41, 5.74) is 1.13. The molecule has 18 heavy (non-hydrogen) atoms. The predicted octanol–water partition coefficient (Wildman–Crippen LogP) is 2.62. The van der Waals surface area contributed by atoms with Crippen LogP contribution in [0.5, 0.6) is 0 Å². The molecular weight excluding hydrogens is 272 g/mol. The van der Waals surface area contributed by atoms with Crippen LogP contribution in [0.1, 0.15) is 16.9 Å². The molecule has 2 heterocycles. The van der Waals surface area contributed by atoms with Crippen LogP contribution in [0.25, 0.3) is 10.2 Å². The average molecular weight is 283 g/mol. The first kappa shape index (κ1) is 11.9. The van der Waals surface area contributed by atoms with Crippen molar-refractivity contribution >= 4 is 39.1 Å². The lowest BCUT2D eigenvalue weighted by atomic mass is 9.87. The third-order valence-corrected chi connectivity index (χ3v) is 4.82. The monoisotopic (exact) mass is 282 g/mol. The SMILES string of the molecule is COC(=O)C1CCc2sc3ncnc(Cl)c3c2C1. The molecule has 4 nitrogen and oxygen atoms in total. The van der Waals surface area contributed by atoms with Gasteiger partial charge < -0.3 is 4.74 Å². The van der Waals surface area contributed by atoms with Crippen LogP contribution in [0, 0.1) is 5.92 Å². The van der Waals surface area contributed by atoms with Crippen molar-refractivity contribution in [2.24, 2.45) is 5.92 Å². The Hall–Kier alpha value is -1.20. The molecule has 2 aromatic rings. The van der Waals surface area contributed by atoms with Gasteiger partial charge >= 0.3 is 5.97 Å². The summed E-state index contributed by atoms with van der Waals surface area (Å²) in [7, 11) is 1.43. The average Bonchev–Trinajstić information content (AvgIpc) is 2.76. The van der Waals surface area contributed by atoms with Crippen LogP contribution in [0.15, 0.2) is 6.33 Å². The van der Waals surface area contributed by atoms with E-state index in [4.69, 9.17) is 16.3 Å². The second-order valence-corrected chi connectivity index (χ2v) is 5.75. The van der Waals surface area contributed by atoms with Crippen molar-refractivity contribution in [3.8, 4) is 0 Å². The molecule has 0 radical (unpaired) electrons. The van der Waals surface area contributed by atoms with E-state index in [1.165, 1.54) is 18.3 Å². The van der Waals surface area contributed by atoms with Gasteiger partial charge in [-0.25, -0.2) is 9.97 Å². The maximum absolute atomic E-state index is 11.6. The Balaban J connectivity index is 2.09. The first-order valence-corrected chi connectivity index (χ1v) is 6.88. The highest BCUT2D eigenvalue weighted by Crippen LogP contribution is 2.39. The van der Waals surface area contributed by atoms with Gasteiger partial charge in [-0.3, -0.25) is 4.79 Å². The molecule has 6 heteroatoms. The summed E-state index contributed by atoms with van der Waals surface area (Å²) in [5, 5.41) is 1.38. The minimum atomic E-state index is -0.145. The van der Waals surface area contributed by atoms with Gasteiger partial charge in [0.2, 0.25) is 0 Å². The van der Waals surface area contributed by atoms with E-state index < -0.39 is 0 Å². The van der Waals surface area contributed by atoms with Crippen LogP contribution in [0.3, 0.4) is 0 Å². The summed E-state index contributed by atoms with van der Waals surface area (Å²) in [6, 6.07) is 0. The molecule has 94 valence electrons. The van der Waals surface area contributed by atoms with Crippen molar-refractivity contribution in [3.63, 3.8) is 0 Å². The normalized spacial score (nSPS) is 18.7. The first-order chi connectivity index (χ1) is 8.70. The zero-order valence-corrected chi connectivity index (χ0v) is 11.3. The Morgan fingerprint density at radius 2 is 2.39 bits per heavy atom. The lowest BCUT2D eigenvalue weighted by Gasteiger charge is -2.19. The van der Waals surface area contributed by atoms with Crippen LogP contribution in [0.4, 0.5) is 0 Å². The molecule has 2 aromatic heterocycles. The van der Waals surface area contributed by atoms with Crippen molar-refractivity contribution in [2.75, 3.05) is 7.11 Å². The highest BCUT2D eigenvalue weighted by molar-refractivity contribution is 7.19. The number of hydrogen-bond donors (Lipinski definition) is 0. The molecular formula is C12H11ClN2O2S. The first-order valence-electron chi connectivity index (χ1n) is 5.69. The fourth-order valence-corrected chi connectivity index (χ4v) is 3.92. The number of aryl methyl sites for hydroxylation is 1. The molecule has 3 rings (SSSR count). The molecule has 0 saturated carbocycles. The maximum Gasteiger partial charge on any atom is 0.309 e. The Kier molecular flexibility index (Phi) is 2.95. The fourth-order valence-electron chi connectivity index (χ4n) is 2.44. The summed E-state index contributed by atoms with van der Waals surface area (Å²) in [5.74, 6) is -0.218. The predicted molar refractivity (Wildman–Crippen MR) is 70.0 cm³/mol. The van der Waals surface area contributed by atoms with E-state index in [9.17, 15) is 4.79 Å². The number of thiophene rings is 1. The van der Waals surface area contributed by atoms with Gasteiger partial charge in [0.1, 0.15) is 16.3 Å². The van der Waals surface area contributed by atoms with Crippen molar-refractivity contribution in [1.82, 2.24) is 9.97 Å². The summed E-state index contributed by atoms with van der Waals surface area (Å²) in [4.78, 5) is 22.1. The summed E-state index contributed by atoms with van der Waals surface area (Å²) in [6.07, 6.45) is 3.86. The minimum absolute atomic E-state index is 0.0726. The third kappa shape index (κ3) is 1.78. The maximum atomic E-state index is 11.6. The molecule has 1 atom stereocenters. The van der Waals surface area contributed by atoms with Crippen molar-refractivity contribution in [3.05, 3.63) is 21.9 Å². The molecule has 0 N–H and O–H groups in total. The Morgan fingerprint density at radius 3 is 3.17 bits per heavy atom. The Morgan fingerprint density at radius 1 is 1.56 bits per heavy atom. The van der Waals surface area contributed by atoms with Gasteiger partial charge in [0, 0.05) is 4.88 Å². The standard InChI is InChI=1S/C12H11ClN2O2S/c1-17-12(16)6-2-3-8-7(4-6)9-10(13)14-5-15-11(9)18-8/h5-6H,2-4H2,1H3. The molecule has 0 saturated heterocycles. The van der Waals surface area contributed by atoms with Crippen LogP contribution in [0.2, 0.25) is 5.15 Å². The zero-order valence-electron chi connectivity index (χ0n) is 9.77. The Bertz CT molecular complexity index is 626. The molecule has 0 spiro atoms. The number of esters is 1. The van der Waals surface area contributed by atoms with Crippen molar-refractivity contribution in [1.29, 1.82) is 0 Å². The molecule has 0 aliphatic heterocycles. The van der Waals surface area contributed by atoms with E-state index in [1.807, 2.05) is 0 Å². The third-order valence-electron chi connectivity index (χ3n) is 3.33. The molecule has 1 unspecified atom stereocenters. The highest BCUT2D eigenvalue weighted by atomic mass is 35.5. The summed E-state index contributed by atoms with van der Waals surface area (Å²) < 4.78 is 4.82. The number of aromatic nitrogens is 2. The van der Waals surface area contributed by atoms with Crippen molar-refractivity contribution in [2.45, 2.75) is 19.3 Å². The molecule has 1 aliphatic carbocycles. The molecule has 0 amide bonds. The fraction of sp³-hybridized carbons (Fsp3) is 0.417. The second-order valence-electron chi connectivity index (χ2n) is 4.31. The number of methoxy groups -OCH3 is 1. The number of ether oxygens (including phenoxy) is 1. The Labute approximate surface area is 113 Å². The molecule has 0 fully saturated rings. The number of rotatable bonds is 1. The van der Waals surface area contributed by atoms with E-state index in [0.29, 0.717) is 11.6 Å². The lowest BCUT2D eigenvalue weighted by Crippen LogP contribution is -2.22. The molecule has 1 aliphatic rings. The number of carbonyl (C=O) groups excluding carboxylic acids is 1. The van der Waals surface area contributed by atoms with Gasteiger partial charge in [-0.15, -0.1) is 11.3 Å². The van der Waals surface area contributed by atoms with Crippen LogP contribution < -0.4 is 0 Å². The number of fused-ring (bicyclic) bond motifs is 3. The number of halogens is 1. The largest absolute Gasteiger partial charge is 0.469 e. The minimum Gasteiger partial charge on any atom is -0.469 e. The smallest absolute Gasteiger partial charge is 0.309 e. The molecule has 0 aromatic carbocycles.